The van der Waals surface area contributed by atoms with Gasteiger partial charge in [-0.25, -0.2) is 0 Å². The monoisotopic (exact) mass is 378 g/mol. The summed E-state index contributed by atoms with van der Waals surface area (Å²) in [5.41, 5.74) is 4.33. The molecule has 1 N–H and O–H groups in total. The Morgan fingerprint density at radius 3 is 2.54 bits per heavy atom. The van der Waals surface area contributed by atoms with Gasteiger partial charge in [-0.3, -0.25) is 9.88 Å². The molecule has 3 aliphatic rings. The molecule has 4 heteroatoms. The van der Waals surface area contributed by atoms with Gasteiger partial charge in [-0.1, -0.05) is 18.6 Å². The molecule has 2 aromatic rings. The average molecular weight is 379 g/mol. The fraction of sp³-hybridized carbons (Fsp3) is 0.542. The van der Waals surface area contributed by atoms with E-state index in [1.54, 1.807) is 7.11 Å². The number of pyridine rings is 1. The summed E-state index contributed by atoms with van der Waals surface area (Å²) >= 11 is 0. The number of aromatic nitrogens is 1. The molecule has 2 aliphatic carbocycles. The number of likely N-dealkylation sites (tertiary alicyclic amines) is 1. The highest BCUT2D eigenvalue weighted by molar-refractivity contribution is 5.45. The van der Waals surface area contributed by atoms with Gasteiger partial charge in [-0.15, -0.1) is 0 Å². The van der Waals surface area contributed by atoms with Gasteiger partial charge >= 0.3 is 0 Å². The van der Waals surface area contributed by atoms with Crippen molar-refractivity contribution >= 4 is 0 Å². The molecule has 2 fully saturated rings. The fourth-order valence-corrected chi connectivity index (χ4v) is 5.90. The molecule has 1 saturated heterocycles. The molecular weight excluding hydrogens is 348 g/mol. The van der Waals surface area contributed by atoms with Crippen LogP contribution in [0.2, 0.25) is 0 Å². The molecule has 0 unspecified atom stereocenters. The van der Waals surface area contributed by atoms with Gasteiger partial charge in [-0.05, 0) is 61.4 Å². The highest BCUT2D eigenvalue weighted by Gasteiger charge is 2.52. The van der Waals surface area contributed by atoms with Crippen molar-refractivity contribution in [2.45, 2.75) is 50.7 Å². The van der Waals surface area contributed by atoms with E-state index in [1.807, 2.05) is 24.4 Å². The second-order valence-corrected chi connectivity index (χ2v) is 8.85. The third-order valence-corrected chi connectivity index (χ3v) is 7.27. The van der Waals surface area contributed by atoms with Gasteiger partial charge in [0.05, 0.1) is 12.8 Å². The van der Waals surface area contributed by atoms with E-state index in [0.29, 0.717) is 0 Å². The van der Waals surface area contributed by atoms with Crippen LogP contribution in [-0.4, -0.2) is 35.2 Å². The quantitative estimate of drug-likeness (QED) is 0.881. The first-order valence-electron chi connectivity index (χ1n) is 10.7. The molecule has 148 valence electrons. The van der Waals surface area contributed by atoms with E-state index in [4.69, 9.17) is 4.74 Å². The van der Waals surface area contributed by atoms with Gasteiger partial charge in [-0.2, -0.15) is 0 Å². The molecule has 4 nitrogen and oxygen atoms in total. The van der Waals surface area contributed by atoms with Crippen LogP contribution in [0.15, 0.2) is 36.5 Å². The van der Waals surface area contributed by atoms with Crippen molar-refractivity contribution < 1.29 is 9.84 Å². The van der Waals surface area contributed by atoms with Crippen molar-refractivity contribution in [3.05, 3.63) is 58.9 Å². The maximum absolute atomic E-state index is 11.7. The summed E-state index contributed by atoms with van der Waals surface area (Å²) in [4.78, 5) is 7.08. The van der Waals surface area contributed by atoms with Crippen LogP contribution < -0.4 is 4.74 Å². The number of aliphatic hydroxyl groups is 1. The Labute approximate surface area is 167 Å². The van der Waals surface area contributed by atoms with Crippen molar-refractivity contribution in [1.29, 1.82) is 0 Å². The van der Waals surface area contributed by atoms with Crippen LogP contribution in [0, 0.1) is 11.8 Å². The van der Waals surface area contributed by atoms with Crippen LogP contribution in [0.5, 0.6) is 5.75 Å². The number of benzene rings is 1. The molecule has 1 aliphatic heterocycles. The summed E-state index contributed by atoms with van der Waals surface area (Å²) in [6, 6.07) is 10.6. The number of hydrogen-bond donors (Lipinski definition) is 1. The Morgan fingerprint density at radius 1 is 1.11 bits per heavy atom. The average Bonchev–Trinajstić information content (AvgIpc) is 3.16. The highest BCUT2D eigenvalue weighted by Crippen LogP contribution is 2.49. The Morgan fingerprint density at radius 2 is 1.86 bits per heavy atom. The topological polar surface area (TPSA) is 45.6 Å². The first kappa shape index (κ1) is 18.1. The number of fused-ring (bicyclic) bond motifs is 3. The number of rotatable bonds is 4. The molecule has 5 rings (SSSR count). The van der Waals surface area contributed by atoms with Crippen LogP contribution in [0.1, 0.15) is 48.1 Å². The van der Waals surface area contributed by atoms with Crippen molar-refractivity contribution in [3.8, 4) is 5.75 Å². The van der Waals surface area contributed by atoms with Gasteiger partial charge in [0, 0.05) is 43.2 Å². The van der Waals surface area contributed by atoms with Crippen molar-refractivity contribution in [3.63, 3.8) is 0 Å². The zero-order valence-corrected chi connectivity index (χ0v) is 16.7. The Balaban J connectivity index is 1.40. The van der Waals surface area contributed by atoms with Crippen molar-refractivity contribution in [2.75, 3.05) is 20.2 Å². The van der Waals surface area contributed by atoms with Crippen LogP contribution in [0.4, 0.5) is 0 Å². The van der Waals surface area contributed by atoms with E-state index < -0.39 is 5.60 Å². The second-order valence-electron chi connectivity index (χ2n) is 8.85. The standard InChI is InChI=1S/C24H30N2O2/c1-28-22-13-18-7-4-6-17(18)12-19(22)14-26-15-20-8-5-9-21(16-26)24(20,27)23-10-2-3-11-25-23/h2-3,10-13,20-21,27H,4-9,14-16H2,1H3/t20-,21-/m1/s1. The minimum absolute atomic E-state index is 0.246. The van der Waals surface area contributed by atoms with E-state index in [2.05, 4.69) is 22.0 Å². The molecule has 2 atom stereocenters. The first-order chi connectivity index (χ1) is 13.7. The summed E-state index contributed by atoms with van der Waals surface area (Å²) < 4.78 is 5.73. The van der Waals surface area contributed by atoms with Gasteiger partial charge in [0.15, 0.2) is 0 Å². The van der Waals surface area contributed by atoms with E-state index in [1.165, 1.54) is 42.4 Å². The molecular formula is C24H30N2O2. The maximum atomic E-state index is 11.7. The smallest absolute Gasteiger partial charge is 0.123 e. The van der Waals surface area contributed by atoms with Crippen LogP contribution in [0.25, 0.3) is 0 Å². The van der Waals surface area contributed by atoms with E-state index in [0.717, 1.165) is 43.9 Å². The molecule has 2 heterocycles. The van der Waals surface area contributed by atoms with Gasteiger partial charge in [0.1, 0.15) is 11.4 Å². The van der Waals surface area contributed by atoms with Crippen LogP contribution in [-0.2, 0) is 25.0 Å². The third-order valence-electron chi connectivity index (χ3n) is 7.27. The van der Waals surface area contributed by atoms with E-state index in [-0.39, 0.29) is 11.8 Å². The van der Waals surface area contributed by atoms with Gasteiger partial charge < -0.3 is 9.84 Å². The minimum atomic E-state index is -0.780. The first-order valence-corrected chi connectivity index (χ1v) is 10.7. The summed E-state index contributed by atoms with van der Waals surface area (Å²) in [6.07, 6.45) is 8.79. The molecule has 1 aromatic carbocycles. The Hall–Kier alpha value is -1.91. The zero-order valence-electron chi connectivity index (χ0n) is 16.7. The molecule has 28 heavy (non-hydrogen) atoms. The lowest BCUT2D eigenvalue weighted by Crippen LogP contribution is -2.58. The number of methoxy groups -OCH3 is 1. The van der Waals surface area contributed by atoms with E-state index >= 15 is 0 Å². The largest absolute Gasteiger partial charge is 0.496 e. The van der Waals surface area contributed by atoms with Crippen molar-refractivity contribution in [1.82, 2.24) is 9.88 Å². The number of piperidine rings is 1. The van der Waals surface area contributed by atoms with Gasteiger partial charge in [0.25, 0.3) is 0 Å². The summed E-state index contributed by atoms with van der Waals surface area (Å²) in [5, 5.41) is 11.7. The fourth-order valence-electron chi connectivity index (χ4n) is 5.90. The Bertz CT molecular complexity index is 837. The molecule has 0 radical (unpaired) electrons. The third kappa shape index (κ3) is 2.94. The normalized spacial score (nSPS) is 29.5. The number of aryl methyl sites for hydroxylation is 2. The zero-order chi connectivity index (χ0) is 19.1. The molecule has 0 amide bonds. The minimum Gasteiger partial charge on any atom is -0.496 e. The van der Waals surface area contributed by atoms with E-state index in [9.17, 15) is 5.11 Å². The summed E-state index contributed by atoms with van der Waals surface area (Å²) in [5.74, 6) is 1.52. The number of nitrogens with zero attached hydrogens (tertiary/aromatic N) is 2. The summed E-state index contributed by atoms with van der Waals surface area (Å²) in [6.45, 7) is 2.75. The predicted molar refractivity (Wildman–Crippen MR) is 109 cm³/mol. The maximum Gasteiger partial charge on any atom is 0.123 e. The lowest BCUT2D eigenvalue weighted by Gasteiger charge is -2.52. The molecule has 1 aromatic heterocycles. The molecule has 1 saturated carbocycles. The summed E-state index contributed by atoms with van der Waals surface area (Å²) in [7, 11) is 1.78. The van der Waals surface area contributed by atoms with Gasteiger partial charge in [0.2, 0.25) is 0 Å². The number of ether oxygens (including phenoxy) is 1. The number of hydrogen-bond acceptors (Lipinski definition) is 4. The lowest BCUT2D eigenvalue weighted by molar-refractivity contribution is -0.151. The molecule has 0 spiro atoms. The van der Waals surface area contributed by atoms with Crippen molar-refractivity contribution in [2.24, 2.45) is 11.8 Å². The SMILES string of the molecule is COc1cc2c(cc1CN1C[C@H]3CCC[C@H](C1)C3(O)c1ccccn1)CCC2. The second kappa shape index (κ2) is 7.16. The predicted octanol–water partition coefficient (Wildman–Crippen LogP) is 3.70. The lowest BCUT2D eigenvalue weighted by atomic mass is 9.64. The highest BCUT2D eigenvalue weighted by atomic mass is 16.5. The molecule has 2 bridgehead atoms. The Kier molecular flexibility index (Phi) is 4.64. The van der Waals surface area contributed by atoms with Crippen LogP contribution in [0.3, 0.4) is 0 Å². The van der Waals surface area contributed by atoms with Crippen LogP contribution >= 0.6 is 0 Å².